The quantitative estimate of drug-likeness (QED) is 0.661. The van der Waals surface area contributed by atoms with E-state index < -0.39 is 0 Å². The third-order valence-corrected chi connectivity index (χ3v) is 3.22. The Bertz CT molecular complexity index is 309. The SMILES string of the molecule is C=CCN1CCSc2ccccc21. The molecule has 1 heterocycles. The van der Waals surface area contributed by atoms with E-state index in [2.05, 4.69) is 35.7 Å². The summed E-state index contributed by atoms with van der Waals surface area (Å²) in [4.78, 5) is 3.77. The lowest BCUT2D eigenvalue weighted by molar-refractivity contribution is 0.887. The zero-order chi connectivity index (χ0) is 9.10. The van der Waals surface area contributed by atoms with Crippen molar-refractivity contribution < 1.29 is 0 Å². The maximum absolute atomic E-state index is 3.78. The Morgan fingerprint density at radius 1 is 1.46 bits per heavy atom. The highest BCUT2D eigenvalue weighted by atomic mass is 32.2. The molecule has 1 aliphatic rings. The van der Waals surface area contributed by atoms with Crippen LogP contribution in [0.4, 0.5) is 5.69 Å². The number of hydrogen-bond donors (Lipinski definition) is 0. The normalized spacial score (nSPS) is 15.2. The summed E-state index contributed by atoms with van der Waals surface area (Å²) in [6.45, 7) is 5.87. The molecule has 1 aromatic carbocycles. The highest BCUT2D eigenvalue weighted by molar-refractivity contribution is 7.99. The average Bonchev–Trinajstić information content (AvgIpc) is 2.19. The van der Waals surface area contributed by atoms with Crippen molar-refractivity contribution in [2.24, 2.45) is 0 Å². The smallest absolute Gasteiger partial charge is 0.0507 e. The molecule has 0 spiro atoms. The Labute approximate surface area is 83.4 Å². The lowest BCUT2D eigenvalue weighted by Gasteiger charge is -2.29. The Morgan fingerprint density at radius 3 is 3.15 bits per heavy atom. The maximum Gasteiger partial charge on any atom is 0.0507 e. The van der Waals surface area contributed by atoms with E-state index in [0.29, 0.717) is 0 Å². The van der Waals surface area contributed by atoms with Crippen LogP contribution in [0.2, 0.25) is 0 Å². The summed E-state index contributed by atoms with van der Waals surface area (Å²) >= 11 is 1.94. The summed E-state index contributed by atoms with van der Waals surface area (Å²) in [7, 11) is 0. The molecule has 0 unspecified atom stereocenters. The number of rotatable bonds is 2. The largest absolute Gasteiger partial charge is 0.366 e. The van der Waals surface area contributed by atoms with E-state index in [1.807, 2.05) is 17.8 Å². The van der Waals surface area contributed by atoms with E-state index in [4.69, 9.17) is 0 Å². The Kier molecular flexibility index (Phi) is 2.60. The van der Waals surface area contributed by atoms with E-state index in [1.54, 1.807) is 0 Å². The third kappa shape index (κ3) is 1.73. The molecule has 13 heavy (non-hydrogen) atoms. The molecule has 0 radical (unpaired) electrons. The summed E-state index contributed by atoms with van der Waals surface area (Å²) in [6.07, 6.45) is 1.97. The predicted octanol–water partition coefficient (Wildman–Crippen LogP) is 2.78. The number of benzene rings is 1. The number of para-hydroxylation sites is 1. The van der Waals surface area contributed by atoms with Crippen LogP contribution in [-0.2, 0) is 0 Å². The minimum atomic E-state index is 0.956. The molecule has 0 saturated heterocycles. The first-order valence-corrected chi connectivity index (χ1v) is 5.48. The van der Waals surface area contributed by atoms with E-state index in [1.165, 1.54) is 16.3 Å². The van der Waals surface area contributed by atoms with Gasteiger partial charge in [0.15, 0.2) is 0 Å². The van der Waals surface area contributed by atoms with Gasteiger partial charge in [0, 0.05) is 23.7 Å². The average molecular weight is 191 g/mol. The van der Waals surface area contributed by atoms with Crippen LogP contribution >= 0.6 is 11.8 Å². The fourth-order valence-corrected chi connectivity index (χ4v) is 2.62. The minimum absolute atomic E-state index is 0.956. The first kappa shape index (κ1) is 8.70. The monoisotopic (exact) mass is 191 g/mol. The highest BCUT2D eigenvalue weighted by Gasteiger charge is 2.14. The van der Waals surface area contributed by atoms with Gasteiger partial charge in [-0.15, -0.1) is 18.3 Å². The number of nitrogens with zero attached hydrogens (tertiary/aromatic N) is 1. The molecule has 2 heteroatoms. The number of fused-ring (bicyclic) bond motifs is 1. The topological polar surface area (TPSA) is 3.24 Å². The van der Waals surface area contributed by atoms with Gasteiger partial charge in [0.2, 0.25) is 0 Å². The van der Waals surface area contributed by atoms with Crippen LogP contribution < -0.4 is 4.90 Å². The van der Waals surface area contributed by atoms with Crippen LogP contribution in [0.15, 0.2) is 41.8 Å². The van der Waals surface area contributed by atoms with Gasteiger partial charge in [0.05, 0.1) is 5.69 Å². The number of thioether (sulfide) groups is 1. The Balaban J connectivity index is 2.31. The summed E-state index contributed by atoms with van der Waals surface area (Å²) in [6, 6.07) is 8.57. The molecule has 1 aromatic rings. The second-order valence-corrected chi connectivity index (χ2v) is 4.19. The molecular weight excluding hydrogens is 178 g/mol. The van der Waals surface area contributed by atoms with Crippen LogP contribution in [0.25, 0.3) is 0 Å². The lowest BCUT2D eigenvalue weighted by Crippen LogP contribution is -2.28. The van der Waals surface area contributed by atoms with Gasteiger partial charge < -0.3 is 4.90 Å². The van der Waals surface area contributed by atoms with E-state index >= 15 is 0 Å². The molecule has 2 rings (SSSR count). The molecule has 0 amide bonds. The fraction of sp³-hybridized carbons (Fsp3) is 0.273. The molecule has 0 atom stereocenters. The molecule has 0 aliphatic carbocycles. The summed E-state index contributed by atoms with van der Waals surface area (Å²) < 4.78 is 0. The van der Waals surface area contributed by atoms with Crippen molar-refractivity contribution in [2.45, 2.75) is 4.90 Å². The molecule has 0 saturated carbocycles. The summed E-state index contributed by atoms with van der Waals surface area (Å²) in [5.74, 6) is 1.19. The van der Waals surface area contributed by atoms with Crippen LogP contribution in [0.1, 0.15) is 0 Å². The van der Waals surface area contributed by atoms with Crippen molar-refractivity contribution in [1.29, 1.82) is 0 Å². The highest BCUT2D eigenvalue weighted by Crippen LogP contribution is 2.33. The van der Waals surface area contributed by atoms with Crippen molar-refractivity contribution in [1.82, 2.24) is 0 Å². The van der Waals surface area contributed by atoms with Gasteiger partial charge >= 0.3 is 0 Å². The van der Waals surface area contributed by atoms with Gasteiger partial charge in [-0.2, -0.15) is 0 Å². The second-order valence-electron chi connectivity index (χ2n) is 3.05. The van der Waals surface area contributed by atoms with E-state index in [9.17, 15) is 0 Å². The van der Waals surface area contributed by atoms with Crippen molar-refractivity contribution in [3.05, 3.63) is 36.9 Å². The maximum atomic E-state index is 3.78. The van der Waals surface area contributed by atoms with Gasteiger partial charge in [-0.1, -0.05) is 18.2 Å². The van der Waals surface area contributed by atoms with Gasteiger partial charge in [-0.3, -0.25) is 0 Å². The number of hydrogen-bond acceptors (Lipinski definition) is 2. The first-order chi connectivity index (χ1) is 6.42. The standard InChI is InChI=1S/C11H13NS/c1-2-7-12-8-9-13-11-6-4-3-5-10(11)12/h2-6H,1,7-9H2. The zero-order valence-electron chi connectivity index (χ0n) is 7.57. The van der Waals surface area contributed by atoms with Gasteiger partial charge in [-0.05, 0) is 12.1 Å². The molecule has 1 aliphatic heterocycles. The third-order valence-electron chi connectivity index (χ3n) is 2.17. The van der Waals surface area contributed by atoms with Crippen molar-refractivity contribution in [2.75, 3.05) is 23.7 Å². The second kappa shape index (κ2) is 3.88. The molecular formula is C11H13NS. The number of anilines is 1. The minimum Gasteiger partial charge on any atom is -0.366 e. The lowest BCUT2D eigenvalue weighted by atomic mass is 10.3. The molecule has 0 N–H and O–H groups in total. The fourth-order valence-electron chi connectivity index (χ4n) is 1.57. The van der Waals surface area contributed by atoms with Crippen LogP contribution in [0.3, 0.4) is 0 Å². The van der Waals surface area contributed by atoms with Crippen molar-refractivity contribution in [3.63, 3.8) is 0 Å². The van der Waals surface area contributed by atoms with Crippen molar-refractivity contribution >= 4 is 17.4 Å². The van der Waals surface area contributed by atoms with Gasteiger partial charge in [-0.25, -0.2) is 0 Å². The molecule has 0 bridgehead atoms. The first-order valence-electron chi connectivity index (χ1n) is 4.49. The molecule has 1 nitrogen and oxygen atoms in total. The van der Waals surface area contributed by atoms with Gasteiger partial charge in [0.25, 0.3) is 0 Å². The zero-order valence-corrected chi connectivity index (χ0v) is 8.39. The van der Waals surface area contributed by atoms with Crippen LogP contribution in [0, 0.1) is 0 Å². The Hall–Kier alpha value is -0.890. The summed E-state index contributed by atoms with van der Waals surface area (Å²) in [5, 5.41) is 0. The molecule has 0 aromatic heterocycles. The van der Waals surface area contributed by atoms with E-state index in [-0.39, 0.29) is 0 Å². The van der Waals surface area contributed by atoms with Crippen molar-refractivity contribution in [3.8, 4) is 0 Å². The van der Waals surface area contributed by atoms with Crippen LogP contribution in [-0.4, -0.2) is 18.8 Å². The molecule has 68 valence electrons. The molecule has 0 fully saturated rings. The van der Waals surface area contributed by atoms with E-state index in [0.717, 1.165) is 13.1 Å². The Morgan fingerprint density at radius 2 is 2.31 bits per heavy atom. The predicted molar refractivity (Wildman–Crippen MR) is 59.6 cm³/mol. The van der Waals surface area contributed by atoms with Gasteiger partial charge in [0.1, 0.15) is 0 Å². The van der Waals surface area contributed by atoms with Crippen LogP contribution in [0.5, 0.6) is 0 Å². The summed E-state index contributed by atoms with van der Waals surface area (Å²) in [5.41, 5.74) is 1.36.